The van der Waals surface area contributed by atoms with E-state index in [0.29, 0.717) is 11.8 Å². The van der Waals surface area contributed by atoms with Crippen molar-refractivity contribution in [2.75, 3.05) is 0 Å². The maximum absolute atomic E-state index is 6.86. The zero-order valence-electron chi connectivity index (χ0n) is 14.9. The maximum atomic E-state index is 6.86. The van der Waals surface area contributed by atoms with Gasteiger partial charge in [0.05, 0.1) is 0 Å². The van der Waals surface area contributed by atoms with Crippen LogP contribution in [0.4, 0.5) is 0 Å². The average molecular weight is 463 g/mol. The van der Waals surface area contributed by atoms with Gasteiger partial charge in [-0.3, -0.25) is 0 Å². The van der Waals surface area contributed by atoms with Crippen LogP contribution in [0.5, 0.6) is 0 Å². The van der Waals surface area contributed by atoms with Crippen LogP contribution < -0.4 is 0 Å². The Morgan fingerprint density at radius 3 is 1.85 bits per heavy atom. The first-order valence-corrected chi connectivity index (χ1v) is 19.4. The molecule has 2 aromatic rings. The molecule has 2 aliphatic rings. The summed E-state index contributed by atoms with van der Waals surface area (Å²) >= 11 is -2.96. The molecule has 2 atom stereocenters. The molecule has 0 nitrogen and oxygen atoms in total. The predicted octanol–water partition coefficient (Wildman–Crippen LogP) is 8.08. The number of benzene rings is 2. The van der Waals surface area contributed by atoms with Crippen molar-refractivity contribution in [3.8, 4) is 0 Å². The molecule has 0 bridgehead atoms. The van der Waals surface area contributed by atoms with E-state index in [0.717, 1.165) is 27.5 Å². The third-order valence-electron chi connectivity index (χ3n) is 5.69. The molecule has 0 fully saturated rings. The minimum atomic E-state index is -2.96. The van der Waals surface area contributed by atoms with Gasteiger partial charge in [-0.25, -0.2) is 0 Å². The van der Waals surface area contributed by atoms with Crippen LogP contribution in [-0.2, 0) is 17.9 Å². The van der Waals surface area contributed by atoms with E-state index in [1.54, 1.807) is 0 Å². The summed E-state index contributed by atoms with van der Waals surface area (Å²) < 4.78 is 2.10. The second-order valence-electron chi connectivity index (χ2n) is 7.48. The quantitative estimate of drug-likeness (QED) is 0.390. The van der Waals surface area contributed by atoms with Crippen molar-refractivity contribution in [1.29, 1.82) is 0 Å². The molecule has 0 aliphatic heterocycles. The summed E-state index contributed by atoms with van der Waals surface area (Å²) in [6.45, 7) is 0. The van der Waals surface area contributed by atoms with E-state index in [4.69, 9.17) is 17.0 Å². The summed E-state index contributed by atoms with van der Waals surface area (Å²) in [5, 5.41) is 0. The second kappa shape index (κ2) is 8.18. The number of hydrogen-bond acceptors (Lipinski definition) is 0. The van der Waals surface area contributed by atoms with Gasteiger partial charge >= 0.3 is 169 Å². The van der Waals surface area contributed by atoms with Crippen LogP contribution in [-0.4, -0.2) is 0 Å². The van der Waals surface area contributed by atoms with E-state index in [-0.39, 0.29) is 0 Å². The number of halogens is 2. The Morgan fingerprint density at radius 1 is 0.692 bits per heavy atom. The molecule has 4 rings (SSSR count). The van der Waals surface area contributed by atoms with Crippen LogP contribution in [0.2, 0.25) is 8.26 Å². The van der Waals surface area contributed by atoms with Crippen molar-refractivity contribution >= 4 is 29.2 Å². The number of hydrogen-bond donors (Lipinski definition) is 0. The van der Waals surface area contributed by atoms with Crippen molar-refractivity contribution in [3.05, 3.63) is 82.9 Å². The monoisotopic (exact) mass is 460 g/mol. The van der Waals surface area contributed by atoms with Crippen LogP contribution in [0.1, 0.15) is 53.4 Å². The third kappa shape index (κ3) is 4.27. The van der Waals surface area contributed by atoms with Gasteiger partial charge in [0.2, 0.25) is 0 Å². The first kappa shape index (κ1) is 18.7. The van der Waals surface area contributed by atoms with Gasteiger partial charge in [-0.15, -0.1) is 0 Å². The summed E-state index contributed by atoms with van der Waals surface area (Å²) in [6, 6.07) is 17.4. The Kier molecular flexibility index (Phi) is 5.89. The van der Waals surface area contributed by atoms with Crippen LogP contribution in [0, 0.1) is 0 Å². The molecule has 0 spiro atoms. The summed E-state index contributed by atoms with van der Waals surface area (Å²) in [5.41, 5.74) is 5.63. The molecule has 0 amide bonds. The molecule has 3 heteroatoms. The van der Waals surface area contributed by atoms with E-state index < -0.39 is 17.9 Å². The van der Waals surface area contributed by atoms with Crippen LogP contribution in [0.3, 0.4) is 0 Å². The first-order chi connectivity index (χ1) is 12.6. The van der Waals surface area contributed by atoms with Gasteiger partial charge in [0.1, 0.15) is 0 Å². The fourth-order valence-corrected chi connectivity index (χ4v) is 11.3. The second-order valence-corrected chi connectivity index (χ2v) is 23.8. The van der Waals surface area contributed by atoms with E-state index in [1.165, 1.54) is 22.3 Å². The Hall–Kier alpha value is -0.617. The van der Waals surface area contributed by atoms with Crippen LogP contribution >= 0.6 is 17.0 Å². The molecule has 0 heterocycles. The first-order valence-electron chi connectivity index (χ1n) is 9.54. The van der Waals surface area contributed by atoms with Gasteiger partial charge in [-0.2, -0.15) is 0 Å². The van der Waals surface area contributed by atoms with Gasteiger partial charge < -0.3 is 0 Å². The average Bonchev–Trinajstić information content (AvgIpc) is 3.24. The summed E-state index contributed by atoms with van der Waals surface area (Å²) in [6.07, 6.45) is 12.6. The molecule has 0 radical (unpaired) electrons. The minimum absolute atomic E-state index is 0.504. The fourth-order valence-electron chi connectivity index (χ4n) is 4.22. The van der Waals surface area contributed by atoms with Crippen molar-refractivity contribution in [3.63, 3.8) is 0 Å². The molecule has 0 aromatic heterocycles. The van der Waals surface area contributed by atoms with Crippen LogP contribution in [0.15, 0.2) is 60.7 Å². The van der Waals surface area contributed by atoms with Gasteiger partial charge in [0.15, 0.2) is 0 Å². The Morgan fingerprint density at radius 2 is 1.23 bits per heavy atom. The van der Waals surface area contributed by atoms with Gasteiger partial charge in [-0.05, 0) is 0 Å². The number of fused-ring (bicyclic) bond motifs is 2. The van der Waals surface area contributed by atoms with E-state index in [9.17, 15) is 0 Å². The molecular weight excluding hydrogens is 438 g/mol. The zero-order chi connectivity index (χ0) is 18.0. The van der Waals surface area contributed by atoms with E-state index in [2.05, 4.69) is 72.8 Å². The van der Waals surface area contributed by atoms with Crippen molar-refractivity contribution < 1.29 is 17.9 Å². The Balaban J connectivity index is 1.26. The molecule has 134 valence electrons. The zero-order valence-corrected chi connectivity index (χ0v) is 18.8. The number of allylic oxidation sites excluding steroid dienone is 2. The summed E-state index contributed by atoms with van der Waals surface area (Å²) in [4.78, 5) is 0. The molecule has 0 saturated heterocycles. The predicted molar refractivity (Wildman–Crippen MR) is 112 cm³/mol. The molecule has 0 saturated carbocycles. The standard InChI is InChI=1S/C12H13.C11H11.2ClH.Zr/c1-2-5-10-8-9-11-6-3-4-7-12(10)11;1-2-9-7-8-10-5-3-4-6-11(9)10;;;/h3-4,6-10H,1-2,5H2;3-9H,1-2H2;2*1H;/q;;;;+2/p-2. The topological polar surface area (TPSA) is 0 Å². The molecule has 26 heavy (non-hydrogen) atoms. The van der Waals surface area contributed by atoms with E-state index >= 15 is 0 Å². The van der Waals surface area contributed by atoms with Crippen molar-refractivity contribution in [1.82, 2.24) is 0 Å². The Labute approximate surface area is 168 Å². The molecule has 2 unspecified atom stereocenters. The summed E-state index contributed by atoms with van der Waals surface area (Å²) in [7, 11) is 13.7. The van der Waals surface area contributed by atoms with E-state index in [1.807, 2.05) is 0 Å². The van der Waals surface area contributed by atoms with Gasteiger partial charge in [0.25, 0.3) is 0 Å². The normalized spacial score (nSPS) is 20.4. The summed E-state index contributed by atoms with van der Waals surface area (Å²) in [5.74, 6) is 1.05. The van der Waals surface area contributed by atoms with Crippen molar-refractivity contribution in [2.45, 2.75) is 39.4 Å². The van der Waals surface area contributed by atoms with Crippen LogP contribution in [0.25, 0.3) is 12.2 Å². The molecule has 2 aromatic carbocycles. The molecule has 0 N–H and O–H groups in total. The molecule has 2 aliphatic carbocycles. The molecular formula is C23H24Cl2Zr. The Bertz CT molecular complexity index is 838. The SMILES string of the molecule is [Cl][Zr]([Cl])([CH2]CCC1C=Cc2ccccc21)[CH2]CC1C=Cc2ccccc21. The third-order valence-corrected chi connectivity index (χ3v) is 15.3. The fraction of sp³-hybridized carbons (Fsp3) is 0.304. The number of rotatable bonds is 7. The van der Waals surface area contributed by atoms with Gasteiger partial charge in [-0.1, -0.05) is 0 Å². The van der Waals surface area contributed by atoms with Crippen molar-refractivity contribution in [2.24, 2.45) is 0 Å². The van der Waals surface area contributed by atoms with Gasteiger partial charge in [0, 0.05) is 0 Å².